The maximum Gasteiger partial charge on any atom is 0.254 e. The number of sulfonamides is 1. The molecule has 0 saturated carbocycles. The second-order valence-electron chi connectivity index (χ2n) is 5.83. The topological polar surface area (TPSA) is 40.6 Å². The Morgan fingerprint density at radius 2 is 1.91 bits per heavy atom. The van der Waals surface area contributed by atoms with Crippen molar-refractivity contribution in [2.45, 2.75) is 29.3 Å². The molecule has 2 aromatic rings. The van der Waals surface area contributed by atoms with E-state index in [-0.39, 0.29) is 6.17 Å². The average molecular weight is 334 g/mol. The van der Waals surface area contributed by atoms with Crippen molar-refractivity contribution in [2.75, 3.05) is 13.1 Å². The number of hydrogen-bond acceptors (Lipinski definition) is 4. The van der Waals surface area contributed by atoms with E-state index in [9.17, 15) is 8.42 Å². The van der Waals surface area contributed by atoms with Crippen LogP contribution in [-0.2, 0) is 10.0 Å². The SMILES string of the molecule is O=S(=O)(c1cccs1)N1CC2CCCN2C1c1ccccc1. The molecule has 0 spiro atoms. The maximum absolute atomic E-state index is 13.0. The van der Waals surface area contributed by atoms with Gasteiger partial charge in [0.25, 0.3) is 10.0 Å². The molecule has 2 atom stereocenters. The second kappa shape index (κ2) is 5.45. The van der Waals surface area contributed by atoms with Gasteiger partial charge in [0.15, 0.2) is 0 Å². The zero-order chi connectivity index (χ0) is 15.2. The molecule has 4 nitrogen and oxygen atoms in total. The first-order valence-corrected chi connectivity index (χ1v) is 9.86. The van der Waals surface area contributed by atoms with Gasteiger partial charge in [0.1, 0.15) is 10.4 Å². The Hall–Kier alpha value is -1.21. The van der Waals surface area contributed by atoms with Crippen molar-refractivity contribution in [1.29, 1.82) is 0 Å². The van der Waals surface area contributed by atoms with Gasteiger partial charge in [-0.25, -0.2) is 8.42 Å². The molecule has 2 aliphatic rings. The summed E-state index contributed by atoms with van der Waals surface area (Å²) in [6.07, 6.45) is 2.07. The molecule has 1 aromatic carbocycles. The van der Waals surface area contributed by atoms with Crippen molar-refractivity contribution in [2.24, 2.45) is 0 Å². The van der Waals surface area contributed by atoms with Crippen LogP contribution in [0.3, 0.4) is 0 Å². The lowest BCUT2D eigenvalue weighted by Gasteiger charge is -2.29. The average Bonchev–Trinajstić information content (AvgIpc) is 3.24. The summed E-state index contributed by atoms with van der Waals surface area (Å²) in [5, 5.41) is 1.82. The van der Waals surface area contributed by atoms with E-state index >= 15 is 0 Å². The minimum absolute atomic E-state index is 0.166. The Kier molecular flexibility index (Phi) is 3.57. The van der Waals surface area contributed by atoms with Crippen LogP contribution in [0, 0.1) is 0 Å². The molecule has 1 aromatic heterocycles. The predicted molar refractivity (Wildman–Crippen MR) is 87.1 cm³/mol. The van der Waals surface area contributed by atoms with Crippen molar-refractivity contribution < 1.29 is 8.42 Å². The van der Waals surface area contributed by atoms with E-state index in [2.05, 4.69) is 4.90 Å². The maximum atomic E-state index is 13.0. The highest BCUT2D eigenvalue weighted by Gasteiger charge is 2.48. The lowest BCUT2D eigenvalue weighted by molar-refractivity contribution is 0.198. The van der Waals surface area contributed by atoms with Gasteiger partial charge in [-0.05, 0) is 29.9 Å². The Morgan fingerprint density at radius 1 is 1.09 bits per heavy atom. The summed E-state index contributed by atoms with van der Waals surface area (Å²) in [7, 11) is -3.42. The van der Waals surface area contributed by atoms with Crippen molar-refractivity contribution in [1.82, 2.24) is 9.21 Å². The fourth-order valence-electron chi connectivity index (χ4n) is 3.59. The van der Waals surface area contributed by atoms with Crippen LogP contribution in [0.25, 0.3) is 0 Å². The monoisotopic (exact) mass is 334 g/mol. The Balaban J connectivity index is 1.78. The van der Waals surface area contributed by atoms with Crippen molar-refractivity contribution >= 4 is 21.4 Å². The number of fused-ring (bicyclic) bond motifs is 1. The third-order valence-electron chi connectivity index (χ3n) is 4.56. The summed E-state index contributed by atoms with van der Waals surface area (Å²) >= 11 is 1.29. The lowest BCUT2D eigenvalue weighted by Crippen LogP contribution is -2.34. The molecule has 6 heteroatoms. The van der Waals surface area contributed by atoms with Gasteiger partial charge in [-0.1, -0.05) is 36.4 Å². The van der Waals surface area contributed by atoms with Crippen molar-refractivity contribution in [3.63, 3.8) is 0 Å². The van der Waals surface area contributed by atoms with Crippen LogP contribution in [0.15, 0.2) is 52.1 Å². The van der Waals surface area contributed by atoms with Crippen LogP contribution >= 0.6 is 11.3 Å². The smallest absolute Gasteiger partial charge is 0.254 e. The molecule has 0 radical (unpaired) electrons. The molecule has 2 aliphatic heterocycles. The molecule has 0 amide bonds. The quantitative estimate of drug-likeness (QED) is 0.866. The molecule has 2 saturated heterocycles. The van der Waals surface area contributed by atoms with Crippen LogP contribution in [-0.4, -0.2) is 36.8 Å². The summed E-state index contributed by atoms with van der Waals surface area (Å²) < 4.78 is 28.2. The van der Waals surface area contributed by atoms with Gasteiger partial charge in [0.05, 0.1) is 0 Å². The van der Waals surface area contributed by atoms with Crippen LogP contribution in [0.1, 0.15) is 24.6 Å². The van der Waals surface area contributed by atoms with Crippen LogP contribution in [0.5, 0.6) is 0 Å². The molecule has 2 unspecified atom stereocenters. The fraction of sp³-hybridized carbons (Fsp3) is 0.375. The minimum Gasteiger partial charge on any atom is -0.279 e. The van der Waals surface area contributed by atoms with Crippen LogP contribution in [0.2, 0.25) is 0 Å². The van der Waals surface area contributed by atoms with E-state index < -0.39 is 10.0 Å². The van der Waals surface area contributed by atoms with Gasteiger partial charge in [-0.15, -0.1) is 11.3 Å². The van der Waals surface area contributed by atoms with Gasteiger partial charge in [-0.3, -0.25) is 4.90 Å². The van der Waals surface area contributed by atoms with Gasteiger partial charge in [-0.2, -0.15) is 4.31 Å². The molecular formula is C16H18N2O2S2. The van der Waals surface area contributed by atoms with E-state index in [0.717, 1.165) is 24.9 Å². The van der Waals surface area contributed by atoms with Gasteiger partial charge < -0.3 is 0 Å². The fourth-order valence-corrected chi connectivity index (χ4v) is 6.33. The molecular weight excluding hydrogens is 316 g/mol. The molecule has 0 bridgehead atoms. The largest absolute Gasteiger partial charge is 0.279 e. The summed E-state index contributed by atoms with van der Waals surface area (Å²) in [5.74, 6) is 0. The molecule has 22 heavy (non-hydrogen) atoms. The van der Waals surface area contributed by atoms with Crippen molar-refractivity contribution in [3.05, 3.63) is 53.4 Å². The first-order valence-electron chi connectivity index (χ1n) is 7.54. The van der Waals surface area contributed by atoms with Gasteiger partial charge >= 0.3 is 0 Å². The van der Waals surface area contributed by atoms with Gasteiger partial charge in [0, 0.05) is 19.1 Å². The Bertz CT molecular complexity index is 744. The van der Waals surface area contributed by atoms with Crippen LogP contribution < -0.4 is 0 Å². The highest BCUT2D eigenvalue weighted by atomic mass is 32.2. The molecule has 0 aliphatic carbocycles. The molecule has 116 valence electrons. The van der Waals surface area contributed by atoms with E-state index in [1.165, 1.54) is 11.3 Å². The second-order valence-corrected chi connectivity index (χ2v) is 8.89. The van der Waals surface area contributed by atoms with E-state index in [1.54, 1.807) is 16.4 Å². The number of hydrogen-bond donors (Lipinski definition) is 0. The number of thiophene rings is 1. The number of rotatable bonds is 3. The first kappa shape index (κ1) is 14.4. The minimum atomic E-state index is -3.42. The molecule has 3 heterocycles. The number of benzene rings is 1. The van der Waals surface area contributed by atoms with E-state index in [0.29, 0.717) is 16.8 Å². The third kappa shape index (κ3) is 2.22. The summed E-state index contributed by atoms with van der Waals surface area (Å²) in [4.78, 5) is 2.35. The summed E-state index contributed by atoms with van der Waals surface area (Å²) in [5.41, 5.74) is 1.06. The summed E-state index contributed by atoms with van der Waals surface area (Å²) in [6.45, 7) is 1.57. The molecule has 0 N–H and O–H groups in total. The highest BCUT2D eigenvalue weighted by Crippen LogP contribution is 2.42. The zero-order valence-corrected chi connectivity index (χ0v) is 13.8. The van der Waals surface area contributed by atoms with Gasteiger partial charge in [0.2, 0.25) is 0 Å². The summed E-state index contributed by atoms with van der Waals surface area (Å²) in [6, 6.07) is 13.8. The Morgan fingerprint density at radius 3 is 2.64 bits per heavy atom. The van der Waals surface area contributed by atoms with E-state index in [1.807, 2.05) is 35.7 Å². The van der Waals surface area contributed by atoms with Crippen molar-refractivity contribution in [3.8, 4) is 0 Å². The number of nitrogens with zero attached hydrogens (tertiary/aromatic N) is 2. The van der Waals surface area contributed by atoms with Crippen LogP contribution in [0.4, 0.5) is 0 Å². The predicted octanol–water partition coefficient (Wildman–Crippen LogP) is 2.92. The first-order chi connectivity index (χ1) is 10.7. The highest BCUT2D eigenvalue weighted by molar-refractivity contribution is 7.91. The lowest BCUT2D eigenvalue weighted by atomic mass is 10.1. The Labute approximate surface area is 135 Å². The van der Waals surface area contributed by atoms with E-state index in [4.69, 9.17) is 0 Å². The normalized spacial score (nSPS) is 26.4. The zero-order valence-electron chi connectivity index (χ0n) is 12.1. The molecule has 2 fully saturated rings. The molecule has 4 rings (SSSR count). The third-order valence-corrected chi connectivity index (χ3v) is 7.75. The standard InChI is InChI=1S/C16H18N2O2S2/c19-22(20,15-9-5-11-21-15)18-12-14-8-4-10-17(14)16(18)13-6-2-1-3-7-13/h1-3,5-7,9,11,14,16H,4,8,10,12H2.